The molecule has 0 saturated heterocycles. The van der Waals surface area contributed by atoms with Crippen LogP contribution in [0.15, 0.2) is 0 Å². The van der Waals surface area contributed by atoms with Gasteiger partial charge in [-0.1, -0.05) is 65.2 Å². The smallest absolute Gasteiger partial charge is 0.0654 e. The maximum absolute atomic E-state index is 2.29. The van der Waals surface area contributed by atoms with Crippen molar-refractivity contribution >= 4 is 35.7 Å². The molecule has 0 aromatic rings. The summed E-state index contributed by atoms with van der Waals surface area (Å²) in [5, 5.41) is 0. The summed E-state index contributed by atoms with van der Waals surface area (Å²) in [5.41, 5.74) is 0. The molecule has 4 radical (unpaired) electrons. The molecule has 0 rings (SSSR count). The van der Waals surface area contributed by atoms with E-state index in [-0.39, 0.29) is 23.9 Å². The van der Waals surface area contributed by atoms with Gasteiger partial charge in [-0.05, 0) is 37.4 Å². The van der Waals surface area contributed by atoms with Gasteiger partial charge in [0.2, 0.25) is 0 Å². The standard InChI is InChI=1S/C16H34S.Sn/c1-3-5-7-9-11-13-15-17-16-14-12-10-8-6-4-2;/h3-16H2,1-2H3;/p+1. The summed E-state index contributed by atoms with van der Waals surface area (Å²) in [5.74, 6) is 2.92. The van der Waals surface area contributed by atoms with Crippen LogP contribution in [0, 0.1) is 0 Å². The third kappa shape index (κ3) is 19.5. The first kappa shape index (κ1) is 21.4. The molecule has 0 aliphatic heterocycles. The molecule has 0 N–H and O–H groups in total. The molecular formula is C16H35SSn+. The Kier molecular flexibility index (Phi) is 24.4. The minimum atomic E-state index is 0. The van der Waals surface area contributed by atoms with Gasteiger partial charge in [0.1, 0.15) is 11.5 Å². The SMILES string of the molecule is CCCCCCCC[SH+]CCCCCCCC.[Sn]. The average molecular weight is 378 g/mol. The Morgan fingerprint density at radius 3 is 1.22 bits per heavy atom. The van der Waals surface area contributed by atoms with Crippen molar-refractivity contribution in [2.24, 2.45) is 0 Å². The van der Waals surface area contributed by atoms with E-state index in [1.54, 1.807) is 11.8 Å². The van der Waals surface area contributed by atoms with Gasteiger partial charge in [-0.15, -0.1) is 0 Å². The second-order valence-electron chi connectivity index (χ2n) is 5.21. The maximum atomic E-state index is 2.29. The van der Waals surface area contributed by atoms with Crippen molar-refractivity contribution in [3.8, 4) is 0 Å². The molecule has 0 bridgehead atoms. The first-order valence-corrected chi connectivity index (χ1v) is 9.31. The van der Waals surface area contributed by atoms with Crippen LogP contribution < -0.4 is 0 Å². The fraction of sp³-hybridized carbons (Fsp3) is 1.00. The van der Waals surface area contributed by atoms with Gasteiger partial charge in [0, 0.05) is 23.9 Å². The summed E-state index contributed by atoms with van der Waals surface area (Å²) < 4.78 is 0. The van der Waals surface area contributed by atoms with Gasteiger partial charge in [0.25, 0.3) is 0 Å². The number of unbranched alkanes of at least 4 members (excludes halogenated alkanes) is 10. The molecule has 0 aliphatic rings. The summed E-state index contributed by atoms with van der Waals surface area (Å²) in [6.45, 7) is 4.58. The van der Waals surface area contributed by atoms with Gasteiger partial charge in [-0.3, -0.25) is 0 Å². The molecule has 0 aromatic heterocycles. The molecule has 108 valence electrons. The predicted octanol–water partition coefficient (Wildman–Crippen LogP) is 5.14. The summed E-state index contributed by atoms with van der Waals surface area (Å²) in [6.07, 6.45) is 17.4. The molecular weight excluding hydrogens is 343 g/mol. The van der Waals surface area contributed by atoms with Crippen LogP contribution in [0.1, 0.15) is 90.9 Å². The predicted molar refractivity (Wildman–Crippen MR) is 91.0 cm³/mol. The van der Waals surface area contributed by atoms with Crippen molar-refractivity contribution < 1.29 is 0 Å². The van der Waals surface area contributed by atoms with Crippen molar-refractivity contribution in [3.05, 3.63) is 0 Å². The maximum Gasteiger partial charge on any atom is 0.105 e. The fourth-order valence-corrected chi connectivity index (χ4v) is 3.24. The monoisotopic (exact) mass is 379 g/mol. The summed E-state index contributed by atoms with van der Waals surface area (Å²) >= 11 is 1.72. The Hall–Kier alpha value is 1.15. The van der Waals surface area contributed by atoms with Crippen molar-refractivity contribution in [3.63, 3.8) is 0 Å². The van der Waals surface area contributed by atoms with Crippen LogP contribution in [0.2, 0.25) is 0 Å². The topological polar surface area (TPSA) is 0 Å². The van der Waals surface area contributed by atoms with Crippen LogP contribution in [0.3, 0.4) is 0 Å². The van der Waals surface area contributed by atoms with E-state index in [0.717, 1.165) is 0 Å². The van der Waals surface area contributed by atoms with E-state index in [1.807, 2.05) is 0 Å². The van der Waals surface area contributed by atoms with Crippen LogP contribution in [-0.2, 0) is 11.8 Å². The van der Waals surface area contributed by atoms with Gasteiger partial charge in [-0.25, -0.2) is 0 Å². The number of hydrogen-bond acceptors (Lipinski definition) is 0. The molecule has 0 nitrogen and oxygen atoms in total. The molecule has 0 saturated carbocycles. The molecule has 0 spiro atoms. The Morgan fingerprint density at radius 2 is 0.833 bits per heavy atom. The molecule has 0 fully saturated rings. The number of hydrogen-bond donors (Lipinski definition) is 0. The summed E-state index contributed by atoms with van der Waals surface area (Å²) in [7, 11) is 0. The number of thiol groups is 1. The second kappa shape index (κ2) is 20.5. The van der Waals surface area contributed by atoms with Crippen molar-refractivity contribution in [2.75, 3.05) is 11.5 Å². The zero-order valence-corrected chi connectivity index (χ0v) is 16.6. The van der Waals surface area contributed by atoms with Gasteiger partial charge in [0.05, 0.1) is 0 Å². The van der Waals surface area contributed by atoms with Crippen molar-refractivity contribution in [1.82, 2.24) is 0 Å². The van der Waals surface area contributed by atoms with Gasteiger partial charge in [-0.2, -0.15) is 0 Å². The van der Waals surface area contributed by atoms with Gasteiger partial charge < -0.3 is 0 Å². The van der Waals surface area contributed by atoms with Crippen LogP contribution >= 0.6 is 0 Å². The van der Waals surface area contributed by atoms with Crippen molar-refractivity contribution in [2.45, 2.75) is 90.9 Å². The van der Waals surface area contributed by atoms with Crippen LogP contribution in [0.4, 0.5) is 0 Å². The largest absolute Gasteiger partial charge is 0.105 e. The zero-order chi connectivity index (χ0) is 12.6. The first-order chi connectivity index (χ1) is 8.41. The Labute approximate surface area is 137 Å². The Morgan fingerprint density at radius 1 is 0.500 bits per heavy atom. The van der Waals surface area contributed by atoms with Crippen LogP contribution in [0.5, 0.6) is 0 Å². The van der Waals surface area contributed by atoms with Gasteiger partial charge in [0.15, 0.2) is 0 Å². The molecule has 2 heteroatoms. The van der Waals surface area contributed by atoms with E-state index in [1.165, 1.54) is 88.6 Å². The quantitative estimate of drug-likeness (QED) is 0.170. The molecule has 0 amide bonds. The van der Waals surface area contributed by atoms with Gasteiger partial charge >= 0.3 is 0 Å². The number of rotatable bonds is 14. The normalized spacial score (nSPS) is 10.3. The van der Waals surface area contributed by atoms with E-state index >= 15 is 0 Å². The van der Waals surface area contributed by atoms with E-state index in [2.05, 4.69) is 13.8 Å². The fourth-order valence-electron chi connectivity index (χ4n) is 2.12. The molecule has 0 atom stereocenters. The minimum absolute atomic E-state index is 0. The van der Waals surface area contributed by atoms with Crippen molar-refractivity contribution in [1.29, 1.82) is 0 Å². The van der Waals surface area contributed by atoms with E-state index in [4.69, 9.17) is 0 Å². The molecule has 0 aromatic carbocycles. The molecule has 0 heterocycles. The summed E-state index contributed by atoms with van der Waals surface area (Å²) in [4.78, 5) is 0. The average Bonchev–Trinajstić information content (AvgIpc) is 2.35. The van der Waals surface area contributed by atoms with Crippen LogP contribution in [0.25, 0.3) is 0 Å². The zero-order valence-electron chi connectivity index (χ0n) is 12.8. The Balaban J connectivity index is 0. The molecule has 0 aliphatic carbocycles. The van der Waals surface area contributed by atoms with E-state index in [0.29, 0.717) is 0 Å². The second-order valence-corrected chi connectivity index (χ2v) is 6.55. The van der Waals surface area contributed by atoms with E-state index < -0.39 is 0 Å². The summed E-state index contributed by atoms with van der Waals surface area (Å²) in [6, 6.07) is 0. The minimum Gasteiger partial charge on any atom is -0.0654 e. The third-order valence-electron chi connectivity index (χ3n) is 3.34. The van der Waals surface area contributed by atoms with Crippen LogP contribution in [-0.4, -0.2) is 35.4 Å². The van der Waals surface area contributed by atoms with E-state index in [9.17, 15) is 0 Å². The molecule has 0 unspecified atom stereocenters. The molecule has 18 heavy (non-hydrogen) atoms. The third-order valence-corrected chi connectivity index (χ3v) is 4.60. The first-order valence-electron chi connectivity index (χ1n) is 8.05. The Bertz CT molecular complexity index is 114.